The van der Waals surface area contributed by atoms with Crippen LogP contribution in [0.25, 0.3) is 0 Å². The first-order valence-electron chi connectivity index (χ1n) is 7.88. The molecule has 124 valence electrons. The monoisotopic (exact) mass is 318 g/mol. The van der Waals surface area contributed by atoms with Crippen molar-refractivity contribution in [2.75, 3.05) is 11.9 Å². The van der Waals surface area contributed by atoms with Gasteiger partial charge in [-0.2, -0.15) is 4.80 Å². The molecule has 1 aromatic rings. The molecule has 3 rings (SSSR count). The van der Waals surface area contributed by atoms with Gasteiger partial charge in [-0.3, -0.25) is 4.90 Å². The predicted molar refractivity (Wildman–Crippen MR) is 84.7 cm³/mol. The summed E-state index contributed by atoms with van der Waals surface area (Å²) in [7, 11) is 1.72. The van der Waals surface area contributed by atoms with Gasteiger partial charge in [0.25, 0.3) is 5.95 Å². The van der Waals surface area contributed by atoms with Gasteiger partial charge >= 0.3 is 6.09 Å². The molecular weight excluding hydrogens is 296 g/mol. The fraction of sp³-hybridized carbons (Fsp3) is 0.600. The van der Waals surface area contributed by atoms with Crippen molar-refractivity contribution in [3.63, 3.8) is 0 Å². The molecule has 2 atom stereocenters. The number of aryl methyl sites for hydroxylation is 1. The van der Waals surface area contributed by atoms with Crippen LogP contribution in [0.3, 0.4) is 0 Å². The molecule has 23 heavy (non-hydrogen) atoms. The van der Waals surface area contributed by atoms with E-state index in [0.717, 1.165) is 36.1 Å². The summed E-state index contributed by atoms with van der Waals surface area (Å²) in [6, 6.07) is -0.00347. The van der Waals surface area contributed by atoms with Crippen molar-refractivity contribution >= 4 is 12.0 Å². The number of amides is 1. The number of hydrogen-bond acceptors (Lipinski definition) is 5. The number of hydrogen-bond donors (Lipinski definition) is 2. The molecule has 2 aliphatic rings. The highest BCUT2D eigenvalue weighted by atomic mass is 16.4. The minimum Gasteiger partial charge on any atom is -0.465 e. The van der Waals surface area contributed by atoms with Crippen molar-refractivity contribution in [2.45, 2.75) is 39.2 Å². The van der Waals surface area contributed by atoms with Crippen LogP contribution < -0.4 is 5.32 Å². The largest absolute Gasteiger partial charge is 0.465 e. The third-order valence-electron chi connectivity index (χ3n) is 4.33. The molecule has 0 aromatic carbocycles. The van der Waals surface area contributed by atoms with Crippen molar-refractivity contribution in [1.29, 1.82) is 0 Å². The van der Waals surface area contributed by atoms with Gasteiger partial charge in [0.15, 0.2) is 0 Å². The lowest BCUT2D eigenvalue weighted by Crippen LogP contribution is -2.33. The Kier molecular flexibility index (Phi) is 4.06. The average Bonchev–Trinajstić information content (AvgIpc) is 2.78. The highest BCUT2D eigenvalue weighted by Gasteiger charge is 2.33. The number of fused-ring (bicyclic) bond motifs is 1. The number of anilines is 1. The van der Waals surface area contributed by atoms with Crippen molar-refractivity contribution in [3.8, 4) is 0 Å². The molecule has 0 spiro atoms. The van der Waals surface area contributed by atoms with Crippen LogP contribution in [0.4, 0.5) is 10.7 Å². The lowest BCUT2D eigenvalue weighted by Gasteiger charge is -2.31. The summed E-state index contributed by atoms with van der Waals surface area (Å²) in [6.07, 6.45) is 3.79. The van der Waals surface area contributed by atoms with Crippen molar-refractivity contribution < 1.29 is 9.90 Å². The first-order valence-corrected chi connectivity index (χ1v) is 7.88. The maximum atomic E-state index is 11.7. The number of nitrogens with zero attached hydrogens (tertiary/aromatic N) is 5. The van der Waals surface area contributed by atoms with Crippen LogP contribution in [0.1, 0.15) is 33.1 Å². The molecule has 1 saturated heterocycles. The van der Waals surface area contributed by atoms with Crippen molar-refractivity contribution in [2.24, 2.45) is 13.0 Å². The Labute approximate surface area is 134 Å². The lowest BCUT2D eigenvalue weighted by atomic mass is 9.85. The zero-order chi connectivity index (χ0) is 16.6. The van der Waals surface area contributed by atoms with E-state index in [9.17, 15) is 9.90 Å². The second-order valence-corrected chi connectivity index (χ2v) is 6.31. The zero-order valence-corrected chi connectivity index (χ0v) is 13.7. The summed E-state index contributed by atoms with van der Waals surface area (Å²) >= 11 is 0. The molecule has 8 nitrogen and oxygen atoms in total. The van der Waals surface area contributed by atoms with Crippen LogP contribution in [0, 0.1) is 5.92 Å². The summed E-state index contributed by atoms with van der Waals surface area (Å²) in [5.41, 5.74) is 3.00. The first-order chi connectivity index (χ1) is 11.0. The lowest BCUT2D eigenvalue weighted by molar-refractivity contribution is 0.159. The molecular formula is C15H22N6O2. The summed E-state index contributed by atoms with van der Waals surface area (Å²) < 4.78 is 0. The van der Waals surface area contributed by atoms with Gasteiger partial charge in [0.1, 0.15) is 0 Å². The van der Waals surface area contributed by atoms with Gasteiger partial charge in [0.2, 0.25) is 0 Å². The molecule has 1 aromatic heterocycles. The normalized spacial score (nSPS) is 24.8. The molecule has 1 fully saturated rings. The molecule has 0 saturated carbocycles. The molecule has 0 radical (unpaired) electrons. The zero-order valence-electron chi connectivity index (χ0n) is 13.7. The van der Waals surface area contributed by atoms with Gasteiger partial charge < -0.3 is 10.4 Å². The standard InChI is InChI=1S/C15H22N6O2/c1-9-7-10(2)13-11(8-9)12(5-4-6-21(13)15(22)23)16-14-17-19-20(3)18-14/h8-9,12H,4-7H2,1-3H3,(H,16,18)(H,22,23). The second kappa shape index (κ2) is 6.02. The van der Waals surface area contributed by atoms with E-state index in [-0.39, 0.29) is 6.04 Å². The van der Waals surface area contributed by atoms with Gasteiger partial charge in [-0.05, 0) is 48.5 Å². The summed E-state index contributed by atoms with van der Waals surface area (Å²) in [6.45, 7) is 4.69. The number of carbonyl (C=O) groups is 1. The van der Waals surface area contributed by atoms with Crippen molar-refractivity contribution in [1.82, 2.24) is 25.1 Å². The second-order valence-electron chi connectivity index (χ2n) is 6.31. The highest BCUT2D eigenvalue weighted by molar-refractivity contribution is 5.70. The minimum absolute atomic E-state index is 0.00347. The Morgan fingerprint density at radius 3 is 2.91 bits per heavy atom. The Bertz CT molecular complexity index is 677. The van der Waals surface area contributed by atoms with Gasteiger partial charge in [0.05, 0.1) is 18.8 Å². The van der Waals surface area contributed by atoms with Crippen LogP contribution in [-0.2, 0) is 7.05 Å². The number of allylic oxidation sites excluding steroid dienone is 2. The highest BCUT2D eigenvalue weighted by Crippen LogP contribution is 2.36. The van der Waals surface area contributed by atoms with Crippen molar-refractivity contribution in [3.05, 3.63) is 22.9 Å². The Balaban J connectivity index is 1.96. The van der Waals surface area contributed by atoms with Crippen LogP contribution in [0.5, 0.6) is 0 Å². The molecule has 2 unspecified atom stereocenters. The molecule has 2 N–H and O–H groups in total. The number of rotatable bonds is 2. The number of nitrogens with one attached hydrogen (secondary N) is 1. The maximum Gasteiger partial charge on any atom is 0.411 e. The average molecular weight is 318 g/mol. The number of carboxylic acid groups (broad SMARTS) is 1. The molecule has 1 aliphatic carbocycles. The van der Waals surface area contributed by atoms with E-state index in [1.807, 2.05) is 6.92 Å². The number of likely N-dealkylation sites (tertiary alicyclic amines) is 1. The Hall–Kier alpha value is -2.38. The number of tetrazole rings is 1. The fourth-order valence-electron chi connectivity index (χ4n) is 3.50. The topological polar surface area (TPSA) is 96.2 Å². The quantitative estimate of drug-likeness (QED) is 0.866. The van der Waals surface area contributed by atoms with Crippen LogP contribution in [0.15, 0.2) is 22.9 Å². The van der Waals surface area contributed by atoms with E-state index >= 15 is 0 Å². The van der Waals surface area contributed by atoms with Gasteiger partial charge in [-0.15, -0.1) is 5.10 Å². The summed E-state index contributed by atoms with van der Waals surface area (Å²) in [5, 5.41) is 24.9. The van der Waals surface area contributed by atoms with Crippen LogP contribution in [-0.4, -0.2) is 48.9 Å². The van der Waals surface area contributed by atoms with Crippen LogP contribution in [0.2, 0.25) is 0 Å². The summed E-state index contributed by atoms with van der Waals surface area (Å²) in [4.78, 5) is 14.6. The smallest absolute Gasteiger partial charge is 0.411 e. The molecule has 1 aliphatic heterocycles. The van der Waals surface area contributed by atoms with Gasteiger partial charge in [0, 0.05) is 6.54 Å². The predicted octanol–water partition coefficient (Wildman–Crippen LogP) is 2.00. The molecule has 1 amide bonds. The molecule has 0 bridgehead atoms. The third-order valence-corrected chi connectivity index (χ3v) is 4.33. The Morgan fingerprint density at radius 1 is 1.48 bits per heavy atom. The fourth-order valence-corrected chi connectivity index (χ4v) is 3.50. The van der Waals surface area contributed by atoms with E-state index < -0.39 is 6.09 Å². The van der Waals surface area contributed by atoms with E-state index in [1.54, 1.807) is 7.05 Å². The number of aromatic nitrogens is 4. The van der Waals surface area contributed by atoms with E-state index in [2.05, 4.69) is 33.7 Å². The minimum atomic E-state index is -0.891. The van der Waals surface area contributed by atoms with E-state index in [0.29, 0.717) is 18.4 Å². The molecule has 8 heteroatoms. The molecule has 2 heterocycles. The summed E-state index contributed by atoms with van der Waals surface area (Å²) in [5.74, 6) is 0.860. The van der Waals surface area contributed by atoms with E-state index in [1.165, 1.54) is 9.70 Å². The van der Waals surface area contributed by atoms with Gasteiger partial charge in [-0.1, -0.05) is 18.1 Å². The van der Waals surface area contributed by atoms with Gasteiger partial charge in [-0.25, -0.2) is 4.79 Å². The SMILES string of the molecule is CC1=C2C(=CC(C)C1)C(Nc1nnn(C)n1)CCCN2C(=O)O. The van der Waals surface area contributed by atoms with Crippen LogP contribution >= 0.6 is 0 Å². The third kappa shape index (κ3) is 3.06. The maximum absolute atomic E-state index is 11.7. The Morgan fingerprint density at radius 2 is 2.26 bits per heavy atom. The first kappa shape index (κ1) is 15.5. The van der Waals surface area contributed by atoms with E-state index in [4.69, 9.17) is 0 Å².